The molecule has 1 aliphatic rings. The summed E-state index contributed by atoms with van der Waals surface area (Å²) in [7, 11) is 0. The maximum Gasteiger partial charge on any atom is 0.263 e. The van der Waals surface area contributed by atoms with Crippen molar-refractivity contribution in [3.8, 4) is 0 Å². The van der Waals surface area contributed by atoms with E-state index in [1.807, 2.05) is 0 Å². The molecule has 0 spiro atoms. The number of imide groups is 1. The van der Waals surface area contributed by atoms with E-state index >= 15 is 0 Å². The second-order valence-corrected chi connectivity index (χ2v) is 4.75. The van der Waals surface area contributed by atoms with Crippen LogP contribution in [0.15, 0.2) is 36.7 Å². The van der Waals surface area contributed by atoms with Gasteiger partial charge >= 0.3 is 0 Å². The summed E-state index contributed by atoms with van der Waals surface area (Å²) in [5.41, 5.74) is 6.92. The highest BCUT2D eigenvalue weighted by Crippen LogP contribution is 2.24. The van der Waals surface area contributed by atoms with E-state index < -0.39 is 17.6 Å². The number of hydrogen-bond donors (Lipinski definition) is 1. The molecule has 2 amide bonds. The van der Waals surface area contributed by atoms with Crippen molar-refractivity contribution in [2.24, 2.45) is 5.73 Å². The third-order valence-electron chi connectivity index (χ3n) is 3.45. The van der Waals surface area contributed by atoms with Crippen LogP contribution in [0.3, 0.4) is 0 Å². The number of nitrogens with two attached hydrogens (primary N) is 1. The Kier molecular flexibility index (Phi) is 3.23. The second-order valence-electron chi connectivity index (χ2n) is 4.75. The van der Waals surface area contributed by atoms with Gasteiger partial charge in [0.1, 0.15) is 5.82 Å². The second kappa shape index (κ2) is 5.06. The first-order valence-electron chi connectivity index (χ1n) is 6.39. The van der Waals surface area contributed by atoms with E-state index in [-0.39, 0.29) is 24.2 Å². The minimum atomic E-state index is -0.479. The van der Waals surface area contributed by atoms with Crippen molar-refractivity contribution in [3.05, 3.63) is 64.7 Å². The number of rotatable bonds is 3. The van der Waals surface area contributed by atoms with Gasteiger partial charge in [0.05, 0.1) is 17.7 Å². The lowest BCUT2D eigenvalue weighted by Crippen LogP contribution is -2.29. The van der Waals surface area contributed by atoms with Crippen molar-refractivity contribution >= 4 is 11.8 Å². The van der Waals surface area contributed by atoms with Crippen LogP contribution in [0.1, 0.15) is 31.8 Å². The van der Waals surface area contributed by atoms with Gasteiger partial charge in [-0.2, -0.15) is 0 Å². The third-order valence-corrected chi connectivity index (χ3v) is 3.45. The summed E-state index contributed by atoms with van der Waals surface area (Å²) < 4.78 is 14.0. The molecule has 1 aliphatic heterocycles. The predicted molar refractivity (Wildman–Crippen MR) is 72.7 cm³/mol. The van der Waals surface area contributed by atoms with Gasteiger partial charge in [-0.15, -0.1) is 0 Å². The summed E-state index contributed by atoms with van der Waals surface area (Å²) in [6.45, 7) is 0.124. The minimum Gasteiger partial charge on any atom is -0.326 e. The first kappa shape index (κ1) is 13.4. The normalized spacial score (nSPS) is 13.7. The molecule has 0 unspecified atom stereocenters. The number of nitrogens with zero attached hydrogens (tertiary/aromatic N) is 2. The van der Waals surface area contributed by atoms with Crippen LogP contribution in [0.5, 0.6) is 0 Å². The highest BCUT2D eigenvalue weighted by Gasteiger charge is 2.35. The fourth-order valence-electron chi connectivity index (χ4n) is 2.29. The minimum absolute atomic E-state index is 0.108. The maximum atomic E-state index is 14.0. The summed E-state index contributed by atoms with van der Waals surface area (Å²) in [5.74, 6) is -1.36. The van der Waals surface area contributed by atoms with Crippen LogP contribution in [-0.2, 0) is 13.1 Å². The van der Waals surface area contributed by atoms with Crippen molar-refractivity contribution in [1.82, 2.24) is 9.88 Å². The van der Waals surface area contributed by atoms with Crippen LogP contribution in [0.4, 0.5) is 4.39 Å². The zero-order valence-corrected chi connectivity index (χ0v) is 11.0. The van der Waals surface area contributed by atoms with E-state index in [1.54, 1.807) is 12.1 Å². The summed E-state index contributed by atoms with van der Waals surface area (Å²) in [5, 5.41) is 0. The Morgan fingerprint density at radius 1 is 1.14 bits per heavy atom. The largest absolute Gasteiger partial charge is 0.326 e. The fraction of sp³-hybridized carbons (Fsp3) is 0.133. The predicted octanol–water partition coefficient (Wildman–Crippen LogP) is 1.48. The molecule has 0 radical (unpaired) electrons. The van der Waals surface area contributed by atoms with Crippen LogP contribution in [0, 0.1) is 5.82 Å². The molecule has 0 atom stereocenters. The molecule has 6 heteroatoms. The molecule has 1 aromatic heterocycles. The number of amides is 2. The van der Waals surface area contributed by atoms with E-state index in [0.717, 1.165) is 4.90 Å². The maximum absolute atomic E-state index is 14.0. The number of carbonyl (C=O) groups excluding carboxylic acids is 2. The lowest BCUT2D eigenvalue weighted by atomic mass is 10.1. The number of carbonyl (C=O) groups is 2. The molecule has 5 nitrogen and oxygen atoms in total. The Morgan fingerprint density at radius 2 is 1.90 bits per heavy atom. The van der Waals surface area contributed by atoms with Gasteiger partial charge in [-0.25, -0.2) is 4.39 Å². The molecular formula is C15H12FN3O2. The van der Waals surface area contributed by atoms with E-state index in [4.69, 9.17) is 5.73 Å². The van der Waals surface area contributed by atoms with Gasteiger partial charge in [-0.1, -0.05) is 12.1 Å². The highest BCUT2D eigenvalue weighted by atomic mass is 19.1. The van der Waals surface area contributed by atoms with Crippen molar-refractivity contribution in [1.29, 1.82) is 0 Å². The molecule has 0 saturated heterocycles. The van der Waals surface area contributed by atoms with Gasteiger partial charge in [0.15, 0.2) is 0 Å². The van der Waals surface area contributed by atoms with Crippen molar-refractivity contribution < 1.29 is 14.0 Å². The van der Waals surface area contributed by atoms with Gasteiger partial charge in [-0.05, 0) is 17.7 Å². The molecule has 1 aromatic carbocycles. The van der Waals surface area contributed by atoms with Gasteiger partial charge < -0.3 is 5.73 Å². The first-order chi connectivity index (χ1) is 10.1. The number of aromatic nitrogens is 1. The van der Waals surface area contributed by atoms with Gasteiger partial charge in [0.2, 0.25) is 0 Å². The van der Waals surface area contributed by atoms with Crippen LogP contribution in [-0.4, -0.2) is 21.7 Å². The smallest absolute Gasteiger partial charge is 0.263 e. The Balaban J connectivity index is 1.90. The third kappa shape index (κ3) is 2.19. The van der Waals surface area contributed by atoms with Crippen molar-refractivity contribution in [2.75, 3.05) is 0 Å². The average molecular weight is 285 g/mol. The Labute approximate surface area is 120 Å². The van der Waals surface area contributed by atoms with Crippen LogP contribution in [0.25, 0.3) is 0 Å². The standard InChI is InChI=1S/C15H12FN3O2/c16-13-5-9(6-17)1-2-10(13)8-19-14(20)11-3-4-18-7-12(11)15(19)21/h1-5,7H,6,8,17H2. The van der Waals surface area contributed by atoms with Crippen molar-refractivity contribution in [3.63, 3.8) is 0 Å². The van der Waals surface area contributed by atoms with E-state index in [0.29, 0.717) is 11.1 Å². The molecule has 2 heterocycles. The zero-order valence-electron chi connectivity index (χ0n) is 11.0. The van der Waals surface area contributed by atoms with Gasteiger partial charge in [0.25, 0.3) is 11.8 Å². The van der Waals surface area contributed by atoms with E-state index in [1.165, 1.54) is 24.5 Å². The number of benzene rings is 1. The fourth-order valence-corrected chi connectivity index (χ4v) is 2.29. The SMILES string of the molecule is NCc1ccc(CN2C(=O)c3ccncc3C2=O)c(F)c1. The monoisotopic (exact) mass is 285 g/mol. The molecular weight excluding hydrogens is 273 g/mol. The Morgan fingerprint density at radius 3 is 2.57 bits per heavy atom. The lowest BCUT2D eigenvalue weighted by Gasteiger charge is -2.14. The van der Waals surface area contributed by atoms with Gasteiger partial charge in [-0.3, -0.25) is 19.5 Å². The number of hydrogen-bond acceptors (Lipinski definition) is 4. The Bertz CT molecular complexity index is 710. The quantitative estimate of drug-likeness (QED) is 0.866. The molecule has 2 aromatic rings. The van der Waals surface area contributed by atoms with Crippen LogP contribution in [0.2, 0.25) is 0 Å². The molecule has 3 rings (SSSR count). The summed E-state index contributed by atoms with van der Waals surface area (Å²) >= 11 is 0. The van der Waals surface area contributed by atoms with Crippen LogP contribution < -0.4 is 5.73 Å². The molecule has 0 fully saturated rings. The van der Waals surface area contributed by atoms with Gasteiger partial charge in [0, 0.05) is 24.5 Å². The van der Waals surface area contributed by atoms with Crippen LogP contribution >= 0.6 is 0 Å². The Hall–Kier alpha value is -2.60. The average Bonchev–Trinajstić information content (AvgIpc) is 2.74. The molecule has 21 heavy (non-hydrogen) atoms. The molecule has 106 valence electrons. The van der Waals surface area contributed by atoms with Crippen molar-refractivity contribution in [2.45, 2.75) is 13.1 Å². The number of fused-ring (bicyclic) bond motifs is 1. The molecule has 0 bridgehead atoms. The summed E-state index contributed by atoms with van der Waals surface area (Å²) in [4.78, 5) is 29.2. The van der Waals surface area contributed by atoms with E-state index in [2.05, 4.69) is 4.98 Å². The first-order valence-corrected chi connectivity index (χ1v) is 6.39. The highest BCUT2D eigenvalue weighted by molar-refractivity contribution is 6.21. The number of pyridine rings is 1. The topological polar surface area (TPSA) is 76.3 Å². The summed E-state index contributed by atoms with van der Waals surface area (Å²) in [6.07, 6.45) is 2.80. The summed E-state index contributed by atoms with van der Waals surface area (Å²) in [6, 6.07) is 6.02. The molecule has 0 aliphatic carbocycles. The lowest BCUT2D eigenvalue weighted by molar-refractivity contribution is 0.0641. The number of halogens is 1. The zero-order chi connectivity index (χ0) is 15.0. The van der Waals surface area contributed by atoms with E-state index in [9.17, 15) is 14.0 Å². The molecule has 2 N–H and O–H groups in total. The molecule has 0 saturated carbocycles.